The van der Waals surface area contributed by atoms with E-state index in [-0.39, 0.29) is 0 Å². The summed E-state index contributed by atoms with van der Waals surface area (Å²) in [6.45, 7) is 0.646. The Hall–Kier alpha value is -1.03. The lowest BCUT2D eigenvalue weighted by atomic mass is 10.2. The summed E-state index contributed by atoms with van der Waals surface area (Å²) < 4.78 is 5.67. The van der Waals surface area contributed by atoms with E-state index in [1.807, 2.05) is 0 Å². The van der Waals surface area contributed by atoms with E-state index in [0.29, 0.717) is 39.8 Å². The SMILES string of the molecule is Clc1cccc(Cl)c1-c1cnc(CNC2CC2)o1. The lowest BCUT2D eigenvalue weighted by Gasteiger charge is -2.02. The minimum absolute atomic E-state index is 0.570. The van der Waals surface area contributed by atoms with Gasteiger partial charge in [-0.2, -0.15) is 0 Å². The first-order chi connectivity index (χ1) is 8.74. The highest BCUT2D eigenvalue weighted by Crippen LogP contribution is 2.34. The van der Waals surface area contributed by atoms with E-state index < -0.39 is 0 Å². The summed E-state index contributed by atoms with van der Waals surface area (Å²) in [7, 11) is 0. The van der Waals surface area contributed by atoms with Crippen LogP contribution in [-0.4, -0.2) is 11.0 Å². The molecule has 0 unspecified atom stereocenters. The molecule has 1 saturated carbocycles. The molecular formula is C13H12Cl2N2O. The molecule has 5 heteroatoms. The minimum Gasteiger partial charge on any atom is -0.439 e. The van der Waals surface area contributed by atoms with E-state index in [2.05, 4.69) is 10.3 Å². The highest BCUT2D eigenvalue weighted by atomic mass is 35.5. The third-order valence-corrected chi connectivity index (χ3v) is 3.51. The molecule has 0 atom stereocenters. The molecule has 0 spiro atoms. The number of oxazole rings is 1. The van der Waals surface area contributed by atoms with Gasteiger partial charge in [0.05, 0.1) is 28.4 Å². The third kappa shape index (κ3) is 2.53. The second-order valence-electron chi connectivity index (χ2n) is 4.37. The third-order valence-electron chi connectivity index (χ3n) is 2.88. The van der Waals surface area contributed by atoms with Gasteiger partial charge in [-0.15, -0.1) is 0 Å². The van der Waals surface area contributed by atoms with Gasteiger partial charge in [0.25, 0.3) is 0 Å². The number of nitrogens with one attached hydrogen (secondary N) is 1. The zero-order valence-corrected chi connectivity index (χ0v) is 11.1. The maximum atomic E-state index is 6.12. The lowest BCUT2D eigenvalue weighted by molar-refractivity contribution is 0.477. The Kier molecular flexibility index (Phi) is 3.29. The number of halogens is 2. The average Bonchev–Trinajstić information content (AvgIpc) is 3.06. The van der Waals surface area contributed by atoms with Crippen LogP contribution >= 0.6 is 23.2 Å². The van der Waals surface area contributed by atoms with Gasteiger partial charge in [0.2, 0.25) is 5.89 Å². The van der Waals surface area contributed by atoms with Gasteiger partial charge in [0.1, 0.15) is 0 Å². The summed E-state index contributed by atoms with van der Waals surface area (Å²) in [5, 5.41) is 4.48. The minimum atomic E-state index is 0.570. The molecular weight excluding hydrogens is 271 g/mol. The van der Waals surface area contributed by atoms with Gasteiger partial charge in [-0.1, -0.05) is 29.3 Å². The second kappa shape index (κ2) is 4.92. The van der Waals surface area contributed by atoms with Gasteiger partial charge < -0.3 is 9.73 Å². The number of rotatable bonds is 4. The summed E-state index contributed by atoms with van der Waals surface area (Å²) in [6.07, 6.45) is 4.14. The first-order valence-corrected chi connectivity index (χ1v) is 6.62. The molecule has 0 bridgehead atoms. The van der Waals surface area contributed by atoms with Gasteiger partial charge in [-0.25, -0.2) is 4.98 Å². The van der Waals surface area contributed by atoms with Crippen molar-refractivity contribution in [1.82, 2.24) is 10.3 Å². The number of hydrogen-bond acceptors (Lipinski definition) is 3. The van der Waals surface area contributed by atoms with Gasteiger partial charge in [-0.3, -0.25) is 0 Å². The highest BCUT2D eigenvalue weighted by molar-refractivity contribution is 6.39. The van der Waals surface area contributed by atoms with Crippen LogP contribution in [-0.2, 0) is 6.54 Å². The van der Waals surface area contributed by atoms with Crippen LogP contribution in [0.4, 0.5) is 0 Å². The zero-order chi connectivity index (χ0) is 12.5. The van der Waals surface area contributed by atoms with Crippen LogP contribution in [0.3, 0.4) is 0 Å². The molecule has 0 radical (unpaired) electrons. The Morgan fingerprint density at radius 3 is 2.67 bits per heavy atom. The van der Waals surface area contributed by atoms with Crippen molar-refractivity contribution < 1.29 is 4.42 Å². The molecule has 1 aliphatic carbocycles. The molecule has 1 aromatic carbocycles. The Morgan fingerprint density at radius 2 is 2.00 bits per heavy atom. The fourth-order valence-electron chi connectivity index (χ4n) is 1.76. The van der Waals surface area contributed by atoms with E-state index in [1.54, 1.807) is 24.4 Å². The molecule has 0 amide bonds. The Bertz CT molecular complexity index is 544. The van der Waals surface area contributed by atoms with Gasteiger partial charge >= 0.3 is 0 Å². The standard InChI is InChI=1S/C13H12Cl2N2O/c14-9-2-1-3-10(15)13(9)11-6-17-12(18-11)7-16-8-4-5-8/h1-3,6,8,16H,4-5,7H2. The van der Waals surface area contributed by atoms with Crippen molar-refractivity contribution in [1.29, 1.82) is 0 Å². The molecule has 1 heterocycles. The zero-order valence-electron chi connectivity index (χ0n) is 9.62. The summed E-state index contributed by atoms with van der Waals surface area (Å²) in [6, 6.07) is 6.00. The van der Waals surface area contributed by atoms with Crippen LogP contribution in [0.1, 0.15) is 18.7 Å². The second-order valence-corrected chi connectivity index (χ2v) is 5.18. The fourth-order valence-corrected chi connectivity index (χ4v) is 2.34. The van der Waals surface area contributed by atoms with Crippen molar-refractivity contribution in [2.24, 2.45) is 0 Å². The van der Waals surface area contributed by atoms with Crippen molar-refractivity contribution in [2.75, 3.05) is 0 Å². The summed E-state index contributed by atoms with van der Waals surface area (Å²) in [5.41, 5.74) is 0.700. The van der Waals surface area contributed by atoms with E-state index in [9.17, 15) is 0 Å². The van der Waals surface area contributed by atoms with Crippen LogP contribution in [0.5, 0.6) is 0 Å². The average molecular weight is 283 g/mol. The molecule has 1 fully saturated rings. The molecule has 94 valence electrons. The maximum Gasteiger partial charge on any atom is 0.208 e. The van der Waals surface area contributed by atoms with Crippen LogP contribution in [0.15, 0.2) is 28.8 Å². The van der Waals surface area contributed by atoms with Crippen molar-refractivity contribution in [2.45, 2.75) is 25.4 Å². The first-order valence-electron chi connectivity index (χ1n) is 5.86. The highest BCUT2D eigenvalue weighted by Gasteiger charge is 2.21. The number of benzene rings is 1. The first kappa shape index (κ1) is 12.0. The topological polar surface area (TPSA) is 38.1 Å². The normalized spacial score (nSPS) is 15.0. The smallest absolute Gasteiger partial charge is 0.208 e. The monoisotopic (exact) mass is 282 g/mol. The Morgan fingerprint density at radius 1 is 1.28 bits per heavy atom. The molecule has 3 nitrogen and oxygen atoms in total. The number of aromatic nitrogens is 1. The summed E-state index contributed by atoms with van der Waals surface area (Å²) >= 11 is 12.2. The Balaban J connectivity index is 1.83. The van der Waals surface area contributed by atoms with Crippen molar-refractivity contribution in [3.63, 3.8) is 0 Å². The summed E-state index contributed by atoms with van der Waals surface area (Å²) in [5.74, 6) is 1.27. The van der Waals surface area contributed by atoms with Crippen LogP contribution in [0.2, 0.25) is 10.0 Å². The van der Waals surface area contributed by atoms with E-state index in [1.165, 1.54) is 12.8 Å². The molecule has 3 rings (SSSR count). The fraction of sp³-hybridized carbons (Fsp3) is 0.308. The van der Waals surface area contributed by atoms with Gasteiger partial charge in [0, 0.05) is 6.04 Å². The quantitative estimate of drug-likeness (QED) is 0.924. The van der Waals surface area contributed by atoms with E-state index >= 15 is 0 Å². The van der Waals surface area contributed by atoms with Gasteiger partial charge in [0.15, 0.2) is 5.76 Å². The van der Waals surface area contributed by atoms with Crippen LogP contribution in [0.25, 0.3) is 11.3 Å². The van der Waals surface area contributed by atoms with Crippen molar-refractivity contribution in [3.8, 4) is 11.3 Å². The summed E-state index contributed by atoms with van der Waals surface area (Å²) in [4.78, 5) is 4.23. The van der Waals surface area contributed by atoms with Crippen molar-refractivity contribution >= 4 is 23.2 Å². The van der Waals surface area contributed by atoms with Crippen molar-refractivity contribution in [3.05, 3.63) is 40.3 Å². The van der Waals surface area contributed by atoms with Crippen LogP contribution < -0.4 is 5.32 Å². The molecule has 0 aliphatic heterocycles. The van der Waals surface area contributed by atoms with Gasteiger partial charge in [-0.05, 0) is 25.0 Å². The molecule has 1 N–H and O–H groups in total. The molecule has 1 aromatic heterocycles. The Labute approximate surface area is 115 Å². The molecule has 0 saturated heterocycles. The predicted molar refractivity (Wildman–Crippen MR) is 71.8 cm³/mol. The molecule has 1 aliphatic rings. The largest absolute Gasteiger partial charge is 0.439 e. The molecule has 18 heavy (non-hydrogen) atoms. The lowest BCUT2D eigenvalue weighted by Crippen LogP contribution is -2.15. The van der Waals surface area contributed by atoms with Crippen LogP contribution in [0, 0.1) is 0 Å². The number of hydrogen-bond donors (Lipinski definition) is 1. The van der Waals surface area contributed by atoms with E-state index in [4.69, 9.17) is 27.6 Å². The molecule has 2 aromatic rings. The maximum absolute atomic E-state index is 6.12. The predicted octanol–water partition coefficient (Wildman–Crippen LogP) is 3.90. The number of nitrogens with zero attached hydrogens (tertiary/aromatic N) is 1. The van der Waals surface area contributed by atoms with E-state index in [0.717, 1.165) is 0 Å².